The Bertz CT molecular complexity index is 495. The SMILES string of the molecule is O=C(Cn1cc(Br)cn1)NCc1ccccc1. The molecule has 1 N–H and O–H groups in total. The molecular weight excluding hydrogens is 282 g/mol. The molecule has 88 valence electrons. The van der Waals surface area contributed by atoms with Gasteiger partial charge in [-0.25, -0.2) is 0 Å². The van der Waals surface area contributed by atoms with E-state index in [-0.39, 0.29) is 12.5 Å². The molecular formula is C12H12BrN3O. The van der Waals surface area contributed by atoms with Crippen molar-refractivity contribution in [3.05, 3.63) is 52.8 Å². The molecule has 1 aromatic heterocycles. The lowest BCUT2D eigenvalue weighted by Crippen LogP contribution is -2.27. The van der Waals surface area contributed by atoms with Gasteiger partial charge in [-0.3, -0.25) is 9.48 Å². The topological polar surface area (TPSA) is 46.9 Å². The normalized spacial score (nSPS) is 10.2. The van der Waals surface area contributed by atoms with E-state index < -0.39 is 0 Å². The highest BCUT2D eigenvalue weighted by atomic mass is 79.9. The van der Waals surface area contributed by atoms with Crippen LogP contribution in [-0.2, 0) is 17.9 Å². The summed E-state index contributed by atoms with van der Waals surface area (Å²) in [7, 11) is 0. The van der Waals surface area contributed by atoms with Crippen molar-refractivity contribution in [2.75, 3.05) is 0 Å². The highest BCUT2D eigenvalue weighted by Crippen LogP contribution is 2.05. The third-order valence-corrected chi connectivity index (χ3v) is 2.65. The molecule has 0 aliphatic heterocycles. The number of hydrogen-bond donors (Lipinski definition) is 1. The predicted octanol–water partition coefficient (Wildman–Crippen LogP) is 1.96. The van der Waals surface area contributed by atoms with Crippen LogP contribution in [0.3, 0.4) is 0 Å². The van der Waals surface area contributed by atoms with Crippen LogP contribution < -0.4 is 5.32 Å². The smallest absolute Gasteiger partial charge is 0.241 e. The third-order valence-electron chi connectivity index (χ3n) is 2.24. The van der Waals surface area contributed by atoms with Gasteiger partial charge < -0.3 is 5.32 Å². The lowest BCUT2D eigenvalue weighted by molar-refractivity contribution is -0.122. The zero-order chi connectivity index (χ0) is 12.1. The molecule has 4 nitrogen and oxygen atoms in total. The Kier molecular flexibility index (Phi) is 3.93. The van der Waals surface area contributed by atoms with Crippen molar-refractivity contribution in [3.63, 3.8) is 0 Å². The number of aromatic nitrogens is 2. The fourth-order valence-corrected chi connectivity index (χ4v) is 1.75. The van der Waals surface area contributed by atoms with E-state index in [9.17, 15) is 4.79 Å². The van der Waals surface area contributed by atoms with E-state index in [2.05, 4.69) is 26.3 Å². The Labute approximate surface area is 108 Å². The van der Waals surface area contributed by atoms with Crippen LogP contribution in [-0.4, -0.2) is 15.7 Å². The number of rotatable bonds is 4. The van der Waals surface area contributed by atoms with Crippen LogP contribution in [0.4, 0.5) is 0 Å². The average Bonchev–Trinajstić information content (AvgIpc) is 2.73. The Hall–Kier alpha value is -1.62. The summed E-state index contributed by atoms with van der Waals surface area (Å²) in [6.45, 7) is 0.778. The van der Waals surface area contributed by atoms with E-state index in [0.29, 0.717) is 6.54 Å². The number of carbonyl (C=O) groups excluding carboxylic acids is 1. The standard InChI is InChI=1S/C12H12BrN3O/c13-11-7-15-16(8-11)9-12(17)14-6-10-4-2-1-3-5-10/h1-5,7-8H,6,9H2,(H,14,17). The maximum absolute atomic E-state index is 11.6. The van der Waals surface area contributed by atoms with Crippen molar-refractivity contribution in [3.8, 4) is 0 Å². The quantitative estimate of drug-likeness (QED) is 0.937. The van der Waals surface area contributed by atoms with Crippen LogP contribution in [0.25, 0.3) is 0 Å². The molecule has 0 saturated carbocycles. The molecule has 1 amide bonds. The summed E-state index contributed by atoms with van der Waals surface area (Å²) in [4.78, 5) is 11.6. The van der Waals surface area contributed by atoms with Gasteiger partial charge in [-0.1, -0.05) is 30.3 Å². The van der Waals surface area contributed by atoms with E-state index in [1.165, 1.54) is 0 Å². The third kappa shape index (κ3) is 3.71. The summed E-state index contributed by atoms with van der Waals surface area (Å²) in [5.41, 5.74) is 1.09. The van der Waals surface area contributed by atoms with Gasteiger partial charge in [0.05, 0.1) is 10.7 Å². The number of nitrogens with one attached hydrogen (secondary N) is 1. The Morgan fingerprint density at radius 3 is 2.76 bits per heavy atom. The first-order valence-electron chi connectivity index (χ1n) is 5.22. The van der Waals surface area contributed by atoms with E-state index in [0.717, 1.165) is 10.0 Å². The summed E-state index contributed by atoms with van der Waals surface area (Å²) >= 11 is 3.28. The lowest BCUT2D eigenvalue weighted by Gasteiger charge is -2.05. The van der Waals surface area contributed by atoms with Crippen LogP contribution in [0.2, 0.25) is 0 Å². The molecule has 1 aromatic carbocycles. The summed E-state index contributed by atoms with van der Waals surface area (Å²) in [6, 6.07) is 9.81. The van der Waals surface area contributed by atoms with Crippen molar-refractivity contribution < 1.29 is 4.79 Å². The number of benzene rings is 1. The first-order valence-corrected chi connectivity index (χ1v) is 6.02. The summed E-state index contributed by atoms with van der Waals surface area (Å²) < 4.78 is 2.46. The summed E-state index contributed by atoms with van der Waals surface area (Å²) in [5.74, 6) is -0.0514. The average molecular weight is 294 g/mol. The zero-order valence-corrected chi connectivity index (χ0v) is 10.7. The van der Waals surface area contributed by atoms with Crippen LogP contribution in [0, 0.1) is 0 Å². The van der Waals surface area contributed by atoms with Gasteiger partial charge in [0.25, 0.3) is 0 Å². The van der Waals surface area contributed by atoms with Gasteiger partial charge in [-0.15, -0.1) is 0 Å². The molecule has 17 heavy (non-hydrogen) atoms. The predicted molar refractivity (Wildman–Crippen MR) is 68.2 cm³/mol. The molecule has 2 aromatic rings. The maximum Gasteiger partial charge on any atom is 0.241 e. The summed E-state index contributed by atoms with van der Waals surface area (Å²) in [6.07, 6.45) is 3.42. The van der Waals surface area contributed by atoms with Crippen molar-refractivity contribution in [1.29, 1.82) is 0 Å². The molecule has 0 radical (unpaired) electrons. The van der Waals surface area contributed by atoms with Crippen LogP contribution in [0.1, 0.15) is 5.56 Å². The van der Waals surface area contributed by atoms with Gasteiger partial charge >= 0.3 is 0 Å². The number of amides is 1. The first-order chi connectivity index (χ1) is 8.24. The van der Waals surface area contributed by atoms with E-state index >= 15 is 0 Å². The van der Waals surface area contributed by atoms with Crippen LogP contribution in [0.5, 0.6) is 0 Å². The van der Waals surface area contributed by atoms with Gasteiger partial charge in [0.15, 0.2) is 0 Å². The van der Waals surface area contributed by atoms with Crippen molar-refractivity contribution in [1.82, 2.24) is 15.1 Å². The Morgan fingerprint density at radius 1 is 1.35 bits per heavy atom. The van der Waals surface area contributed by atoms with Gasteiger partial charge in [-0.05, 0) is 21.5 Å². The van der Waals surface area contributed by atoms with Gasteiger partial charge in [0.2, 0.25) is 5.91 Å². The molecule has 1 heterocycles. The molecule has 0 atom stereocenters. The molecule has 0 unspecified atom stereocenters. The van der Waals surface area contributed by atoms with Gasteiger partial charge in [0.1, 0.15) is 6.54 Å². The van der Waals surface area contributed by atoms with Crippen molar-refractivity contribution in [2.24, 2.45) is 0 Å². The maximum atomic E-state index is 11.6. The second kappa shape index (κ2) is 5.63. The highest BCUT2D eigenvalue weighted by Gasteiger charge is 2.03. The van der Waals surface area contributed by atoms with Crippen LogP contribution in [0.15, 0.2) is 47.2 Å². The van der Waals surface area contributed by atoms with Crippen molar-refractivity contribution in [2.45, 2.75) is 13.1 Å². The fourth-order valence-electron chi connectivity index (χ4n) is 1.42. The van der Waals surface area contributed by atoms with E-state index in [1.807, 2.05) is 30.3 Å². The second-order valence-corrected chi connectivity index (χ2v) is 4.53. The van der Waals surface area contributed by atoms with Crippen molar-refractivity contribution >= 4 is 21.8 Å². The molecule has 0 spiro atoms. The van der Waals surface area contributed by atoms with E-state index in [4.69, 9.17) is 0 Å². The Balaban J connectivity index is 1.82. The zero-order valence-electron chi connectivity index (χ0n) is 9.14. The number of carbonyl (C=O) groups is 1. The lowest BCUT2D eigenvalue weighted by atomic mass is 10.2. The summed E-state index contributed by atoms with van der Waals surface area (Å²) in [5, 5.41) is 6.86. The largest absolute Gasteiger partial charge is 0.350 e. The molecule has 0 bridgehead atoms. The second-order valence-electron chi connectivity index (χ2n) is 3.62. The highest BCUT2D eigenvalue weighted by molar-refractivity contribution is 9.10. The molecule has 0 aliphatic rings. The molecule has 5 heteroatoms. The minimum Gasteiger partial charge on any atom is -0.350 e. The molecule has 0 fully saturated rings. The molecule has 0 aliphatic carbocycles. The number of nitrogens with zero attached hydrogens (tertiary/aromatic N) is 2. The minimum absolute atomic E-state index is 0.0514. The number of hydrogen-bond acceptors (Lipinski definition) is 2. The fraction of sp³-hybridized carbons (Fsp3) is 0.167. The molecule has 0 saturated heterocycles. The monoisotopic (exact) mass is 293 g/mol. The van der Waals surface area contributed by atoms with Gasteiger partial charge in [0, 0.05) is 12.7 Å². The van der Waals surface area contributed by atoms with Gasteiger partial charge in [-0.2, -0.15) is 5.10 Å². The molecule has 2 rings (SSSR count). The first kappa shape index (κ1) is 11.9. The number of halogens is 1. The van der Waals surface area contributed by atoms with Crippen LogP contribution >= 0.6 is 15.9 Å². The minimum atomic E-state index is -0.0514. The van der Waals surface area contributed by atoms with E-state index in [1.54, 1.807) is 17.1 Å². The Morgan fingerprint density at radius 2 is 2.12 bits per heavy atom.